The predicted octanol–water partition coefficient (Wildman–Crippen LogP) is 4.16. The number of ether oxygens (including phenoxy) is 3. The molecule has 0 aliphatic carbocycles. The molecule has 0 fully saturated rings. The Kier molecular flexibility index (Phi) is 9.03. The minimum atomic E-state index is -0.852. The van der Waals surface area contributed by atoms with E-state index < -0.39 is 12.2 Å². The van der Waals surface area contributed by atoms with Crippen LogP contribution in [0.2, 0.25) is 0 Å². The Balaban J connectivity index is 2.42. The van der Waals surface area contributed by atoms with Crippen molar-refractivity contribution in [2.45, 2.75) is 20.3 Å². The van der Waals surface area contributed by atoms with Gasteiger partial charge < -0.3 is 19.5 Å². The molecule has 3 N–H and O–H groups in total. The van der Waals surface area contributed by atoms with E-state index in [0.717, 1.165) is 0 Å². The number of nitrogens with one attached hydrogen (secondary N) is 3. The summed E-state index contributed by atoms with van der Waals surface area (Å²) in [5, 5.41) is 7.36. The zero-order valence-corrected chi connectivity index (χ0v) is 18.3. The topological polar surface area (TPSA) is 127 Å². The normalized spacial score (nSPS) is 10.0. The Morgan fingerprint density at radius 3 is 2.09 bits per heavy atom. The van der Waals surface area contributed by atoms with Crippen molar-refractivity contribution in [2.75, 3.05) is 19.5 Å². The summed E-state index contributed by atoms with van der Waals surface area (Å²) in [4.78, 5) is 39.9. The Hall–Kier alpha value is -4.08. The van der Waals surface area contributed by atoms with E-state index in [-0.39, 0.29) is 23.5 Å². The first kappa shape index (κ1) is 24.2. The average molecular weight is 442 g/mol. The lowest BCUT2D eigenvalue weighted by Crippen LogP contribution is -2.43. The molecule has 2 rings (SSSR count). The minimum Gasteiger partial charge on any atom is -0.457 e. The molecule has 0 saturated heterocycles. The highest BCUT2D eigenvalue weighted by molar-refractivity contribution is 6.03. The lowest BCUT2D eigenvalue weighted by molar-refractivity contribution is -0.116. The standard InChI is InChI=1S/C22H26N4O6/c1-14(2)12-19(27)23-18-13-16(32-15-8-6-5-7-9-15)10-11-17(18)24-20(25-21(28)30-3)26-22(29)31-4/h5-11,13-14H,12H2,1-4H3,(H,23,27)(H2,24,25,26,28,29). The highest BCUT2D eigenvalue weighted by Gasteiger charge is 2.14. The fourth-order valence-electron chi connectivity index (χ4n) is 2.48. The van der Waals surface area contributed by atoms with Gasteiger partial charge in [0.2, 0.25) is 11.9 Å². The van der Waals surface area contributed by atoms with Gasteiger partial charge in [-0.15, -0.1) is 0 Å². The molecule has 0 heterocycles. The number of guanidine groups is 1. The van der Waals surface area contributed by atoms with Gasteiger partial charge in [-0.05, 0) is 30.2 Å². The van der Waals surface area contributed by atoms with Crippen LogP contribution in [0.25, 0.3) is 0 Å². The first-order valence-electron chi connectivity index (χ1n) is 9.76. The van der Waals surface area contributed by atoms with Crippen LogP contribution >= 0.6 is 0 Å². The largest absolute Gasteiger partial charge is 0.457 e. The van der Waals surface area contributed by atoms with Crippen molar-refractivity contribution in [3.05, 3.63) is 48.5 Å². The fourth-order valence-corrected chi connectivity index (χ4v) is 2.48. The third-order valence-electron chi connectivity index (χ3n) is 3.86. The second-order valence-electron chi connectivity index (χ2n) is 6.93. The molecule has 0 spiro atoms. The van der Waals surface area contributed by atoms with Gasteiger partial charge in [-0.2, -0.15) is 0 Å². The van der Waals surface area contributed by atoms with Crippen molar-refractivity contribution in [2.24, 2.45) is 10.9 Å². The molecule has 0 aliphatic heterocycles. The molecule has 0 aliphatic rings. The second-order valence-corrected chi connectivity index (χ2v) is 6.93. The number of alkyl carbamates (subject to hydrolysis) is 2. The molecule has 10 heteroatoms. The number of hydrogen-bond acceptors (Lipinski definition) is 7. The molecule has 0 saturated carbocycles. The number of benzene rings is 2. The Morgan fingerprint density at radius 2 is 1.53 bits per heavy atom. The quantitative estimate of drug-likeness (QED) is 0.455. The van der Waals surface area contributed by atoms with Crippen molar-refractivity contribution in [1.29, 1.82) is 0 Å². The van der Waals surface area contributed by atoms with E-state index in [1.165, 1.54) is 14.2 Å². The maximum absolute atomic E-state index is 12.4. The van der Waals surface area contributed by atoms with Gasteiger partial charge >= 0.3 is 12.2 Å². The molecule has 2 aromatic carbocycles. The number of methoxy groups -OCH3 is 2. The van der Waals surface area contributed by atoms with Gasteiger partial charge in [0, 0.05) is 12.5 Å². The maximum atomic E-state index is 12.4. The van der Waals surface area contributed by atoms with Crippen LogP contribution in [0, 0.1) is 5.92 Å². The van der Waals surface area contributed by atoms with E-state index in [1.807, 2.05) is 32.0 Å². The fraction of sp³-hybridized carbons (Fsp3) is 0.273. The molecular formula is C22H26N4O6. The molecule has 0 aromatic heterocycles. The molecule has 0 unspecified atom stereocenters. The number of para-hydroxylation sites is 1. The van der Waals surface area contributed by atoms with Crippen LogP contribution in [-0.2, 0) is 14.3 Å². The highest BCUT2D eigenvalue weighted by Crippen LogP contribution is 2.32. The molecular weight excluding hydrogens is 416 g/mol. The van der Waals surface area contributed by atoms with Crippen LogP contribution in [0.5, 0.6) is 11.5 Å². The smallest absolute Gasteiger partial charge is 0.413 e. The monoisotopic (exact) mass is 442 g/mol. The molecule has 170 valence electrons. The van der Waals surface area contributed by atoms with Crippen LogP contribution in [0.4, 0.5) is 21.0 Å². The van der Waals surface area contributed by atoms with E-state index in [1.54, 1.807) is 30.3 Å². The van der Waals surface area contributed by atoms with Crippen LogP contribution in [0.3, 0.4) is 0 Å². The van der Waals surface area contributed by atoms with Gasteiger partial charge in [0.25, 0.3) is 0 Å². The molecule has 0 atom stereocenters. The number of amides is 3. The maximum Gasteiger partial charge on any atom is 0.413 e. The number of aliphatic imine (C=N–C) groups is 1. The zero-order valence-electron chi connectivity index (χ0n) is 18.3. The third-order valence-corrected chi connectivity index (χ3v) is 3.86. The molecule has 0 radical (unpaired) electrons. The Morgan fingerprint density at radius 1 is 0.906 bits per heavy atom. The zero-order chi connectivity index (χ0) is 23.5. The number of rotatable bonds is 6. The SMILES string of the molecule is COC(=O)NC(=Nc1ccc(Oc2ccccc2)cc1NC(=O)CC(C)C)NC(=O)OC. The summed E-state index contributed by atoms with van der Waals surface area (Å²) in [6, 6.07) is 13.9. The van der Waals surface area contributed by atoms with Crippen molar-refractivity contribution >= 4 is 35.4 Å². The van der Waals surface area contributed by atoms with E-state index in [9.17, 15) is 14.4 Å². The van der Waals surface area contributed by atoms with Gasteiger partial charge in [-0.1, -0.05) is 32.0 Å². The van der Waals surface area contributed by atoms with Gasteiger partial charge in [0.1, 0.15) is 11.5 Å². The van der Waals surface area contributed by atoms with E-state index in [4.69, 9.17) is 4.74 Å². The summed E-state index contributed by atoms with van der Waals surface area (Å²) in [6.07, 6.45) is -1.41. The van der Waals surface area contributed by atoms with Crippen LogP contribution in [-0.4, -0.2) is 38.3 Å². The van der Waals surface area contributed by atoms with E-state index in [2.05, 4.69) is 30.4 Å². The van der Waals surface area contributed by atoms with Crippen LogP contribution < -0.4 is 20.7 Å². The van der Waals surface area contributed by atoms with Crippen molar-refractivity contribution in [1.82, 2.24) is 10.6 Å². The van der Waals surface area contributed by atoms with Gasteiger partial charge in [-0.3, -0.25) is 15.4 Å². The summed E-state index contributed by atoms with van der Waals surface area (Å²) in [5.74, 6) is 0.738. The molecule has 10 nitrogen and oxygen atoms in total. The summed E-state index contributed by atoms with van der Waals surface area (Å²) in [7, 11) is 2.33. The molecule has 2 aromatic rings. The third kappa shape index (κ3) is 7.98. The predicted molar refractivity (Wildman–Crippen MR) is 119 cm³/mol. The average Bonchev–Trinajstić information content (AvgIpc) is 2.75. The minimum absolute atomic E-state index is 0.142. The molecule has 0 bridgehead atoms. The molecule has 32 heavy (non-hydrogen) atoms. The van der Waals surface area contributed by atoms with Gasteiger partial charge in [0.05, 0.1) is 25.6 Å². The number of anilines is 1. The summed E-state index contributed by atoms with van der Waals surface area (Å²) in [5.41, 5.74) is 0.574. The van der Waals surface area contributed by atoms with Gasteiger partial charge in [-0.25, -0.2) is 14.6 Å². The van der Waals surface area contributed by atoms with E-state index in [0.29, 0.717) is 23.6 Å². The summed E-state index contributed by atoms with van der Waals surface area (Å²) >= 11 is 0. The Bertz CT molecular complexity index is 956. The number of carbonyl (C=O) groups excluding carboxylic acids is 3. The van der Waals surface area contributed by atoms with Crippen molar-refractivity contribution in [3.63, 3.8) is 0 Å². The first-order chi connectivity index (χ1) is 15.3. The highest BCUT2D eigenvalue weighted by atomic mass is 16.5. The van der Waals surface area contributed by atoms with Gasteiger partial charge in [0.15, 0.2) is 0 Å². The van der Waals surface area contributed by atoms with Crippen LogP contribution in [0.1, 0.15) is 20.3 Å². The van der Waals surface area contributed by atoms with Crippen LogP contribution in [0.15, 0.2) is 53.5 Å². The number of hydrogen-bond donors (Lipinski definition) is 3. The summed E-state index contributed by atoms with van der Waals surface area (Å²) in [6.45, 7) is 3.85. The lowest BCUT2D eigenvalue weighted by atomic mass is 10.1. The molecule has 3 amide bonds. The Labute approximate surface area is 186 Å². The summed E-state index contributed by atoms with van der Waals surface area (Å²) < 4.78 is 14.9. The second kappa shape index (κ2) is 11.9. The van der Waals surface area contributed by atoms with Crippen molar-refractivity contribution < 1.29 is 28.6 Å². The number of carbonyl (C=O) groups is 3. The van der Waals surface area contributed by atoms with E-state index >= 15 is 0 Å². The number of nitrogens with zero attached hydrogens (tertiary/aromatic N) is 1. The van der Waals surface area contributed by atoms with Crippen molar-refractivity contribution in [3.8, 4) is 11.5 Å². The first-order valence-corrected chi connectivity index (χ1v) is 9.76. The lowest BCUT2D eigenvalue weighted by Gasteiger charge is -2.14.